The first-order valence-corrected chi connectivity index (χ1v) is 6.02. The lowest BCUT2D eigenvalue weighted by Gasteiger charge is -2.42. The van der Waals surface area contributed by atoms with Gasteiger partial charge in [-0.2, -0.15) is 0 Å². The maximum absolute atomic E-state index is 12.0. The summed E-state index contributed by atoms with van der Waals surface area (Å²) in [5.74, 6) is -2.05. The highest BCUT2D eigenvalue weighted by molar-refractivity contribution is 6.02. The van der Waals surface area contributed by atoms with Crippen molar-refractivity contribution in [3.05, 3.63) is 0 Å². The third kappa shape index (κ3) is 3.01. The number of urea groups is 1. The van der Waals surface area contributed by atoms with E-state index in [9.17, 15) is 19.2 Å². The number of carbonyl (C=O) groups is 4. The monoisotopic (exact) mass is 269 g/mol. The fraction of sp³-hybridized carbons (Fsp3) is 0.636. The number of aliphatic carboxylic acids is 1. The summed E-state index contributed by atoms with van der Waals surface area (Å²) in [5, 5.41) is 13.6. The van der Waals surface area contributed by atoms with E-state index in [1.165, 1.54) is 0 Å². The van der Waals surface area contributed by atoms with Gasteiger partial charge in [-0.15, -0.1) is 0 Å². The number of nitrogens with zero attached hydrogens (tertiary/aromatic N) is 1. The maximum Gasteiger partial charge on any atom is 0.318 e. The van der Waals surface area contributed by atoms with E-state index >= 15 is 0 Å². The van der Waals surface area contributed by atoms with Gasteiger partial charge in [0.05, 0.1) is 12.0 Å². The number of piperazine rings is 1. The number of carbonyl (C=O) groups excluding carboxylic acids is 3. The lowest BCUT2D eigenvalue weighted by atomic mass is 9.74. The molecule has 0 spiro atoms. The summed E-state index contributed by atoms with van der Waals surface area (Å²) in [6.45, 7) is -0.387. The van der Waals surface area contributed by atoms with Gasteiger partial charge in [-0.1, -0.05) is 0 Å². The Morgan fingerprint density at radius 3 is 2.26 bits per heavy atom. The number of amides is 4. The molecule has 2 fully saturated rings. The Hall–Kier alpha value is -2.12. The Balaban J connectivity index is 1.98. The van der Waals surface area contributed by atoms with Crippen LogP contribution in [0.25, 0.3) is 0 Å². The van der Waals surface area contributed by atoms with E-state index in [-0.39, 0.29) is 19.5 Å². The molecule has 19 heavy (non-hydrogen) atoms. The zero-order chi connectivity index (χ0) is 14.0. The van der Waals surface area contributed by atoms with Gasteiger partial charge in [0.15, 0.2) is 0 Å². The van der Waals surface area contributed by atoms with Gasteiger partial charge in [0.2, 0.25) is 11.8 Å². The van der Waals surface area contributed by atoms with Crippen molar-refractivity contribution in [2.45, 2.75) is 31.2 Å². The highest BCUT2D eigenvalue weighted by Gasteiger charge is 2.42. The molecule has 0 atom stereocenters. The van der Waals surface area contributed by atoms with E-state index in [1.807, 2.05) is 0 Å². The van der Waals surface area contributed by atoms with Gasteiger partial charge in [-0.25, -0.2) is 4.79 Å². The number of hydrogen-bond donors (Lipinski definition) is 3. The quantitative estimate of drug-likeness (QED) is 0.571. The van der Waals surface area contributed by atoms with Crippen LogP contribution in [0.4, 0.5) is 4.79 Å². The lowest BCUT2D eigenvalue weighted by molar-refractivity contribution is -0.140. The van der Waals surface area contributed by atoms with Gasteiger partial charge in [-0.3, -0.25) is 19.7 Å². The second-order valence-electron chi connectivity index (χ2n) is 4.96. The van der Waals surface area contributed by atoms with Gasteiger partial charge in [-0.05, 0) is 19.3 Å². The van der Waals surface area contributed by atoms with Crippen molar-refractivity contribution in [2.75, 3.05) is 13.1 Å². The largest absolute Gasteiger partial charge is 0.481 e. The topological polar surface area (TPSA) is 116 Å². The third-order valence-electron chi connectivity index (χ3n) is 3.41. The average molecular weight is 269 g/mol. The predicted molar refractivity (Wildman–Crippen MR) is 62.1 cm³/mol. The van der Waals surface area contributed by atoms with E-state index in [2.05, 4.69) is 10.6 Å². The van der Waals surface area contributed by atoms with Crippen LogP contribution >= 0.6 is 0 Å². The molecule has 2 aliphatic rings. The molecule has 1 saturated carbocycles. The fourth-order valence-electron chi connectivity index (χ4n) is 2.33. The van der Waals surface area contributed by atoms with Crippen molar-refractivity contribution in [3.8, 4) is 0 Å². The van der Waals surface area contributed by atoms with Crippen molar-refractivity contribution in [3.63, 3.8) is 0 Å². The SMILES string of the molecule is O=C(O)CC1(NC(=O)N2CC(=O)NC(=O)C2)CCC1. The van der Waals surface area contributed by atoms with Gasteiger partial charge in [0, 0.05) is 0 Å². The standard InChI is InChI=1S/C11H15N3O5/c15-7-5-14(6-8(16)12-7)10(19)13-11(2-1-3-11)4-9(17)18/h1-6H2,(H,13,19)(H,17,18)(H,12,15,16). The minimum atomic E-state index is -0.979. The zero-order valence-electron chi connectivity index (χ0n) is 10.3. The Morgan fingerprint density at radius 1 is 1.26 bits per heavy atom. The summed E-state index contributed by atoms with van der Waals surface area (Å²) >= 11 is 0. The summed E-state index contributed by atoms with van der Waals surface area (Å²) < 4.78 is 0. The third-order valence-corrected chi connectivity index (χ3v) is 3.41. The molecule has 104 valence electrons. The first-order valence-electron chi connectivity index (χ1n) is 6.02. The smallest absolute Gasteiger partial charge is 0.318 e. The minimum absolute atomic E-state index is 0.146. The van der Waals surface area contributed by atoms with Gasteiger partial charge in [0.25, 0.3) is 0 Å². The van der Waals surface area contributed by atoms with E-state index in [1.54, 1.807) is 0 Å². The summed E-state index contributed by atoms with van der Waals surface area (Å²) in [6, 6.07) is -0.566. The molecule has 4 amide bonds. The normalized spacial score (nSPS) is 21.4. The Kier molecular flexibility index (Phi) is 3.41. The molecule has 8 nitrogen and oxygen atoms in total. The van der Waals surface area contributed by atoms with Crippen molar-refractivity contribution < 1.29 is 24.3 Å². The van der Waals surface area contributed by atoms with Crippen LogP contribution in [0.15, 0.2) is 0 Å². The highest BCUT2D eigenvalue weighted by Crippen LogP contribution is 2.35. The van der Waals surface area contributed by atoms with Gasteiger partial charge < -0.3 is 15.3 Å². The molecule has 3 N–H and O–H groups in total. The molecule has 1 heterocycles. The molecule has 0 bridgehead atoms. The Bertz CT molecular complexity index is 428. The first-order chi connectivity index (χ1) is 8.90. The van der Waals surface area contributed by atoms with Crippen molar-refractivity contribution in [2.24, 2.45) is 0 Å². The van der Waals surface area contributed by atoms with E-state index in [0.29, 0.717) is 12.8 Å². The van der Waals surface area contributed by atoms with Gasteiger partial charge >= 0.3 is 12.0 Å². The molecule has 1 aliphatic heterocycles. The molecule has 0 radical (unpaired) electrons. The number of carboxylic acids is 1. The van der Waals surface area contributed by atoms with Crippen molar-refractivity contribution in [1.29, 1.82) is 0 Å². The molecule has 0 aromatic heterocycles. The van der Waals surface area contributed by atoms with Crippen LogP contribution in [0.1, 0.15) is 25.7 Å². The average Bonchev–Trinajstić information content (AvgIpc) is 2.23. The van der Waals surface area contributed by atoms with Gasteiger partial charge in [0.1, 0.15) is 13.1 Å². The van der Waals surface area contributed by atoms with E-state index in [4.69, 9.17) is 5.11 Å². The summed E-state index contributed by atoms with van der Waals surface area (Å²) in [7, 11) is 0. The highest BCUT2D eigenvalue weighted by atomic mass is 16.4. The maximum atomic E-state index is 12.0. The second-order valence-corrected chi connectivity index (χ2v) is 4.96. The minimum Gasteiger partial charge on any atom is -0.481 e. The van der Waals surface area contributed by atoms with Crippen LogP contribution < -0.4 is 10.6 Å². The molecule has 0 unspecified atom stereocenters. The first kappa shape index (κ1) is 13.3. The molecule has 0 aromatic carbocycles. The molecular weight excluding hydrogens is 254 g/mol. The molecule has 1 aliphatic carbocycles. The van der Waals surface area contributed by atoms with Crippen LogP contribution in [0.3, 0.4) is 0 Å². The Morgan fingerprint density at radius 2 is 1.84 bits per heavy atom. The van der Waals surface area contributed by atoms with Crippen LogP contribution in [0.5, 0.6) is 0 Å². The van der Waals surface area contributed by atoms with Crippen LogP contribution in [-0.4, -0.2) is 52.4 Å². The second kappa shape index (κ2) is 4.87. The molecule has 8 heteroatoms. The summed E-state index contributed by atoms with van der Waals surface area (Å²) in [6.07, 6.45) is 1.90. The number of carboxylic acid groups (broad SMARTS) is 1. The number of hydrogen-bond acceptors (Lipinski definition) is 4. The number of imide groups is 1. The van der Waals surface area contributed by atoms with Crippen molar-refractivity contribution >= 4 is 23.8 Å². The van der Waals surface area contributed by atoms with E-state index in [0.717, 1.165) is 11.3 Å². The zero-order valence-corrected chi connectivity index (χ0v) is 10.3. The predicted octanol–water partition coefficient (Wildman–Crippen LogP) is -0.948. The lowest BCUT2D eigenvalue weighted by Crippen LogP contribution is -2.62. The molecule has 0 aromatic rings. The van der Waals surface area contributed by atoms with Crippen LogP contribution in [0.2, 0.25) is 0 Å². The molecule has 2 rings (SSSR count). The Labute approximate surface area is 109 Å². The number of nitrogens with one attached hydrogen (secondary N) is 2. The van der Waals surface area contributed by atoms with Crippen LogP contribution in [-0.2, 0) is 14.4 Å². The molecular formula is C11H15N3O5. The molecule has 1 saturated heterocycles. The van der Waals surface area contributed by atoms with Crippen molar-refractivity contribution in [1.82, 2.24) is 15.5 Å². The number of rotatable bonds is 3. The van der Waals surface area contributed by atoms with E-state index < -0.39 is 29.4 Å². The van der Waals surface area contributed by atoms with Crippen LogP contribution in [0, 0.1) is 0 Å². The fourth-order valence-corrected chi connectivity index (χ4v) is 2.33. The summed E-state index contributed by atoms with van der Waals surface area (Å²) in [5.41, 5.74) is -0.736. The summed E-state index contributed by atoms with van der Waals surface area (Å²) in [4.78, 5) is 46.2.